The third-order valence-corrected chi connectivity index (χ3v) is 8.25. The van der Waals surface area contributed by atoms with Gasteiger partial charge in [-0.3, -0.25) is 9.59 Å². The lowest BCUT2D eigenvalue weighted by Gasteiger charge is -2.49. The molecule has 28 heavy (non-hydrogen) atoms. The first kappa shape index (κ1) is 21.4. The molecule has 3 rings (SSSR count). The van der Waals surface area contributed by atoms with Gasteiger partial charge in [0.2, 0.25) is 5.91 Å². The molecule has 1 aromatic heterocycles. The van der Waals surface area contributed by atoms with Crippen LogP contribution in [0.3, 0.4) is 0 Å². The lowest BCUT2D eigenvalue weighted by atomic mass is 9.85. The van der Waals surface area contributed by atoms with Crippen LogP contribution in [0.5, 0.6) is 0 Å². The molecule has 1 atom stereocenters. The Kier molecular flexibility index (Phi) is 5.99. The van der Waals surface area contributed by atoms with E-state index < -0.39 is 21.5 Å². The first-order valence-corrected chi connectivity index (χ1v) is 11.5. The Balaban J connectivity index is 1.73. The van der Waals surface area contributed by atoms with Gasteiger partial charge in [0, 0.05) is 16.6 Å². The summed E-state index contributed by atoms with van der Waals surface area (Å²) in [5.41, 5.74) is -0.684. The number of hydrogen-bond acceptors (Lipinski definition) is 5. The number of halogens is 3. The van der Waals surface area contributed by atoms with Crippen LogP contribution in [0.4, 0.5) is 0 Å². The SMILES string of the molecule is CC1(C(=O)NS(=O)(=O)c2ccc(Cl)s2)CCN1C(=O)Cc1ccc(Cl)cc1Cl. The van der Waals surface area contributed by atoms with Crippen molar-refractivity contribution in [2.75, 3.05) is 6.54 Å². The summed E-state index contributed by atoms with van der Waals surface area (Å²) in [5.74, 6) is -1.09. The molecule has 1 fully saturated rings. The molecule has 2 aromatic rings. The number of amides is 2. The molecule has 0 aliphatic carbocycles. The Bertz CT molecular complexity index is 1050. The van der Waals surface area contributed by atoms with Crippen LogP contribution >= 0.6 is 46.1 Å². The molecule has 0 saturated carbocycles. The molecular weight excluding hydrogens is 467 g/mol. The molecule has 11 heteroatoms. The van der Waals surface area contributed by atoms with Gasteiger partial charge < -0.3 is 4.90 Å². The average Bonchev–Trinajstić information content (AvgIpc) is 3.02. The van der Waals surface area contributed by atoms with Gasteiger partial charge in [-0.2, -0.15) is 0 Å². The number of carbonyl (C=O) groups excluding carboxylic acids is 2. The van der Waals surface area contributed by atoms with Crippen molar-refractivity contribution in [2.45, 2.75) is 29.5 Å². The van der Waals surface area contributed by atoms with E-state index in [-0.39, 0.29) is 16.5 Å². The van der Waals surface area contributed by atoms with Gasteiger partial charge in [0.25, 0.3) is 15.9 Å². The van der Waals surface area contributed by atoms with Gasteiger partial charge in [0.05, 0.1) is 10.8 Å². The van der Waals surface area contributed by atoms with Gasteiger partial charge in [-0.25, -0.2) is 13.1 Å². The molecular formula is C17H15Cl3N2O4S2. The number of thiophene rings is 1. The van der Waals surface area contributed by atoms with Crippen LogP contribution in [-0.2, 0) is 26.0 Å². The van der Waals surface area contributed by atoms with Crippen LogP contribution in [0, 0.1) is 0 Å². The number of carbonyl (C=O) groups is 2. The Labute approximate surface area is 181 Å². The fourth-order valence-electron chi connectivity index (χ4n) is 2.84. The lowest BCUT2D eigenvalue weighted by molar-refractivity contribution is -0.156. The average molecular weight is 482 g/mol. The summed E-state index contributed by atoms with van der Waals surface area (Å²) in [7, 11) is -4.06. The van der Waals surface area contributed by atoms with Crippen LogP contribution in [0.25, 0.3) is 0 Å². The summed E-state index contributed by atoms with van der Waals surface area (Å²) in [6.45, 7) is 1.88. The molecule has 0 bridgehead atoms. The predicted molar refractivity (Wildman–Crippen MR) is 110 cm³/mol. The van der Waals surface area contributed by atoms with Crippen LogP contribution in [0.2, 0.25) is 14.4 Å². The monoisotopic (exact) mass is 480 g/mol. The number of nitrogens with zero attached hydrogens (tertiary/aromatic N) is 1. The normalized spacial score (nSPS) is 19.2. The molecule has 0 radical (unpaired) electrons. The van der Waals surface area contributed by atoms with Crippen molar-refractivity contribution >= 4 is 68.0 Å². The van der Waals surface area contributed by atoms with Gasteiger partial charge in [0.1, 0.15) is 9.75 Å². The summed E-state index contributed by atoms with van der Waals surface area (Å²) in [5, 5.41) is 0.804. The van der Waals surface area contributed by atoms with Crippen molar-refractivity contribution in [3.05, 3.63) is 50.3 Å². The summed E-state index contributed by atoms with van der Waals surface area (Å²) in [6, 6.07) is 7.55. The minimum atomic E-state index is -4.06. The van der Waals surface area contributed by atoms with E-state index in [9.17, 15) is 18.0 Å². The van der Waals surface area contributed by atoms with E-state index in [1.165, 1.54) is 30.0 Å². The molecule has 1 aliphatic rings. The van der Waals surface area contributed by atoms with Crippen molar-refractivity contribution in [1.29, 1.82) is 0 Å². The topological polar surface area (TPSA) is 83.6 Å². The molecule has 1 unspecified atom stereocenters. The molecule has 150 valence electrons. The van der Waals surface area contributed by atoms with E-state index >= 15 is 0 Å². The van der Waals surface area contributed by atoms with Crippen molar-refractivity contribution in [3.8, 4) is 0 Å². The molecule has 0 spiro atoms. The van der Waals surface area contributed by atoms with E-state index in [4.69, 9.17) is 34.8 Å². The molecule has 1 saturated heterocycles. The van der Waals surface area contributed by atoms with Gasteiger partial charge in [-0.1, -0.05) is 40.9 Å². The van der Waals surface area contributed by atoms with Crippen LogP contribution in [0.15, 0.2) is 34.5 Å². The van der Waals surface area contributed by atoms with Gasteiger partial charge in [0.15, 0.2) is 0 Å². The minimum Gasteiger partial charge on any atom is -0.328 e. The Morgan fingerprint density at radius 2 is 1.93 bits per heavy atom. The second-order valence-corrected chi connectivity index (χ2v) is 10.9. The summed E-state index contributed by atoms with van der Waals surface area (Å²) in [4.78, 5) is 26.7. The fraction of sp³-hybridized carbons (Fsp3) is 0.294. The second kappa shape index (κ2) is 7.84. The number of nitrogens with one attached hydrogen (secondary N) is 1. The van der Waals surface area contributed by atoms with Crippen molar-refractivity contribution in [2.24, 2.45) is 0 Å². The highest BCUT2D eigenvalue weighted by Crippen LogP contribution is 2.33. The molecule has 2 heterocycles. The third-order valence-electron chi connectivity index (χ3n) is 4.61. The number of rotatable bonds is 5. The highest BCUT2D eigenvalue weighted by molar-refractivity contribution is 7.92. The molecule has 1 aromatic carbocycles. The van der Waals surface area contributed by atoms with E-state index in [2.05, 4.69) is 0 Å². The largest absolute Gasteiger partial charge is 0.328 e. The van der Waals surface area contributed by atoms with Crippen LogP contribution in [0.1, 0.15) is 18.9 Å². The summed E-state index contributed by atoms with van der Waals surface area (Å²) < 4.78 is 27.0. The van der Waals surface area contributed by atoms with Crippen molar-refractivity contribution < 1.29 is 18.0 Å². The second-order valence-electron chi connectivity index (χ2n) is 6.47. The number of benzene rings is 1. The standard InChI is InChI=1S/C17H15Cl3N2O4S2/c1-17(16(24)21-28(25,26)15-5-4-13(20)27-15)6-7-22(17)14(23)8-10-2-3-11(18)9-12(10)19/h2-5,9H,6-8H2,1H3,(H,21,24). The van der Waals surface area contributed by atoms with E-state index in [0.717, 1.165) is 11.3 Å². The smallest absolute Gasteiger partial charge is 0.273 e. The molecule has 6 nitrogen and oxygen atoms in total. The third kappa shape index (κ3) is 4.16. The van der Waals surface area contributed by atoms with E-state index in [0.29, 0.717) is 32.9 Å². The number of sulfonamides is 1. The summed E-state index contributed by atoms with van der Waals surface area (Å²) in [6.07, 6.45) is 0.325. The Morgan fingerprint density at radius 3 is 2.46 bits per heavy atom. The van der Waals surface area contributed by atoms with Gasteiger partial charge in [-0.15, -0.1) is 11.3 Å². The zero-order valence-electron chi connectivity index (χ0n) is 14.5. The van der Waals surface area contributed by atoms with Crippen LogP contribution < -0.4 is 4.72 Å². The maximum Gasteiger partial charge on any atom is 0.273 e. The first-order valence-electron chi connectivity index (χ1n) is 8.10. The zero-order chi connectivity index (χ0) is 20.7. The molecule has 2 amide bonds. The van der Waals surface area contributed by atoms with E-state index in [1.54, 1.807) is 12.1 Å². The minimum absolute atomic E-state index is 0.0217. The van der Waals surface area contributed by atoms with Gasteiger partial charge >= 0.3 is 0 Å². The van der Waals surface area contributed by atoms with Gasteiger partial charge in [-0.05, 0) is 43.2 Å². The maximum absolute atomic E-state index is 12.7. The first-order chi connectivity index (χ1) is 13.0. The fourth-order valence-corrected chi connectivity index (χ4v) is 5.88. The van der Waals surface area contributed by atoms with Crippen molar-refractivity contribution in [3.63, 3.8) is 0 Å². The zero-order valence-corrected chi connectivity index (χ0v) is 18.4. The van der Waals surface area contributed by atoms with E-state index in [1.807, 2.05) is 4.72 Å². The quantitative estimate of drug-likeness (QED) is 0.705. The number of hydrogen-bond donors (Lipinski definition) is 1. The molecule has 1 N–H and O–H groups in total. The predicted octanol–water partition coefficient (Wildman–Crippen LogP) is 3.75. The van der Waals surface area contributed by atoms with Crippen LogP contribution in [-0.4, -0.2) is 37.2 Å². The Hall–Kier alpha value is -1.32. The highest BCUT2D eigenvalue weighted by atomic mass is 35.5. The molecule has 1 aliphatic heterocycles. The number of likely N-dealkylation sites (tertiary alicyclic amines) is 1. The Morgan fingerprint density at radius 1 is 1.21 bits per heavy atom. The lowest BCUT2D eigenvalue weighted by Crippen LogP contribution is -2.68. The summed E-state index contributed by atoms with van der Waals surface area (Å²) >= 11 is 18.6. The van der Waals surface area contributed by atoms with Crippen molar-refractivity contribution in [1.82, 2.24) is 9.62 Å². The highest BCUT2D eigenvalue weighted by Gasteiger charge is 2.50. The maximum atomic E-state index is 12.7.